The molecule has 1 atom stereocenters. The molecule has 0 aliphatic carbocycles. The van der Waals surface area contributed by atoms with Crippen LogP contribution in [-0.4, -0.2) is 67.9 Å². The van der Waals surface area contributed by atoms with Gasteiger partial charge in [-0.25, -0.2) is 13.9 Å². The van der Waals surface area contributed by atoms with Gasteiger partial charge in [-0.15, -0.1) is 0 Å². The van der Waals surface area contributed by atoms with Gasteiger partial charge in [0.2, 0.25) is 12.3 Å². The number of nitrogens with zero attached hydrogens (tertiary/aromatic N) is 5. The monoisotopic (exact) mass is 572 g/mol. The lowest BCUT2D eigenvalue weighted by atomic mass is 10.1. The van der Waals surface area contributed by atoms with Gasteiger partial charge in [0.1, 0.15) is 17.7 Å². The normalized spacial score (nSPS) is 15.2. The molecule has 3 heterocycles. The number of aromatic nitrogens is 3. The van der Waals surface area contributed by atoms with Crippen molar-refractivity contribution in [3.05, 3.63) is 71.9 Å². The Bertz CT molecular complexity index is 1550. The number of aliphatic hydroxyl groups is 1. The second kappa shape index (κ2) is 11.2. The first-order valence-corrected chi connectivity index (χ1v) is 12.8. The predicted octanol–water partition coefficient (Wildman–Crippen LogP) is 3.60. The van der Waals surface area contributed by atoms with Crippen molar-refractivity contribution in [3.63, 3.8) is 0 Å². The molecule has 216 valence electrons. The fraction of sp³-hybridized carbons (Fsp3) is 0.296. The van der Waals surface area contributed by atoms with Crippen molar-refractivity contribution in [1.82, 2.24) is 24.4 Å². The summed E-state index contributed by atoms with van der Waals surface area (Å²) in [6.07, 6.45) is -4.84. The predicted molar refractivity (Wildman–Crippen MR) is 145 cm³/mol. The summed E-state index contributed by atoms with van der Waals surface area (Å²) >= 11 is 0. The number of anilines is 3. The summed E-state index contributed by atoms with van der Waals surface area (Å²) < 4.78 is 54.7. The zero-order valence-electron chi connectivity index (χ0n) is 22.0. The maximum atomic E-state index is 14.0. The SMILES string of the molecule is CC(=O)N1CCN(Cc2cc(-c3ccc(NC(O)Nc4cc(C(F)(F)F)ccc4F)cc3)c3c(N)ncnn23)CC1. The van der Waals surface area contributed by atoms with Gasteiger partial charge in [-0.3, -0.25) is 9.69 Å². The van der Waals surface area contributed by atoms with E-state index in [4.69, 9.17) is 5.73 Å². The molecular formula is C27H28F4N8O2. The third-order valence-electron chi connectivity index (χ3n) is 6.94. The first kappa shape index (κ1) is 28.1. The van der Waals surface area contributed by atoms with Crippen molar-refractivity contribution >= 4 is 28.6 Å². The van der Waals surface area contributed by atoms with Crippen LogP contribution in [0.15, 0.2) is 54.9 Å². The zero-order valence-corrected chi connectivity index (χ0v) is 22.0. The van der Waals surface area contributed by atoms with E-state index in [-0.39, 0.29) is 5.91 Å². The lowest BCUT2D eigenvalue weighted by molar-refractivity contribution is -0.137. The molecule has 14 heteroatoms. The molecule has 0 bridgehead atoms. The Balaban J connectivity index is 1.32. The molecule has 1 fully saturated rings. The quantitative estimate of drug-likeness (QED) is 0.196. The highest BCUT2D eigenvalue weighted by Gasteiger charge is 2.31. The molecule has 2 aromatic carbocycles. The summed E-state index contributed by atoms with van der Waals surface area (Å²) in [7, 11) is 0. The van der Waals surface area contributed by atoms with Crippen molar-refractivity contribution in [1.29, 1.82) is 0 Å². The molecule has 0 spiro atoms. The third kappa shape index (κ3) is 6.18. The molecule has 1 unspecified atom stereocenters. The highest BCUT2D eigenvalue weighted by Crippen LogP contribution is 2.33. The van der Waals surface area contributed by atoms with Crippen LogP contribution < -0.4 is 16.4 Å². The molecular weight excluding hydrogens is 544 g/mol. The van der Waals surface area contributed by atoms with Gasteiger partial charge in [0.05, 0.1) is 16.9 Å². The molecule has 10 nitrogen and oxygen atoms in total. The van der Waals surface area contributed by atoms with Crippen LogP contribution in [0.1, 0.15) is 18.2 Å². The van der Waals surface area contributed by atoms with Crippen LogP contribution >= 0.6 is 0 Å². The number of halogens is 4. The van der Waals surface area contributed by atoms with E-state index in [2.05, 4.69) is 25.6 Å². The van der Waals surface area contributed by atoms with Gasteiger partial charge in [-0.2, -0.15) is 18.3 Å². The molecule has 2 aromatic heterocycles. The maximum Gasteiger partial charge on any atom is 0.416 e. The van der Waals surface area contributed by atoms with Gasteiger partial charge in [-0.05, 0) is 42.0 Å². The van der Waals surface area contributed by atoms with Gasteiger partial charge in [0.25, 0.3) is 0 Å². The third-order valence-corrected chi connectivity index (χ3v) is 6.94. The average molecular weight is 573 g/mol. The fourth-order valence-electron chi connectivity index (χ4n) is 4.82. The molecule has 5 N–H and O–H groups in total. The van der Waals surface area contributed by atoms with Gasteiger partial charge < -0.3 is 26.4 Å². The Labute approximate surface area is 232 Å². The second-order valence-corrected chi connectivity index (χ2v) is 9.70. The number of nitrogens with one attached hydrogen (secondary N) is 2. The summed E-state index contributed by atoms with van der Waals surface area (Å²) in [6.45, 7) is 4.91. The molecule has 1 amide bonds. The van der Waals surface area contributed by atoms with Crippen LogP contribution in [-0.2, 0) is 17.5 Å². The Morgan fingerprint density at radius 1 is 1.07 bits per heavy atom. The van der Waals surface area contributed by atoms with E-state index in [0.29, 0.717) is 54.9 Å². The van der Waals surface area contributed by atoms with E-state index in [0.717, 1.165) is 29.9 Å². The summed E-state index contributed by atoms with van der Waals surface area (Å²) in [4.78, 5) is 19.8. The summed E-state index contributed by atoms with van der Waals surface area (Å²) in [5.41, 5.74) is 8.21. The topological polar surface area (TPSA) is 124 Å². The fourth-order valence-corrected chi connectivity index (χ4v) is 4.82. The first-order valence-electron chi connectivity index (χ1n) is 12.8. The number of nitrogens with two attached hydrogens (primary N) is 1. The number of alkyl halides is 3. The number of nitrogen functional groups attached to an aromatic ring is 1. The number of carbonyl (C=O) groups is 1. The number of amides is 1. The van der Waals surface area contributed by atoms with Crippen molar-refractivity contribution < 1.29 is 27.5 Å². The molecule has 1 aliphatic heterocycles. The first-order chi connectivity index (χ1) is 19.5. The minimum atomic E-state index is -4.65. The number of benzene rings is 2. The molecule has 0 radical (unpaired) electrons. The molecule has 41 heavy (non-hydrogen) atoms. The molecule has 0 saturated carbocycles. The second-order valence-electron chi connectivity index (χ2n) is 9.70. The highest BCUT2D eigenvalue weighted by molar-refractivity contribution is 5.88. The van der Waals surface area contributed by atoms with Crippen molar-refractivity contribution in [3.8, 4) is 11.1 Å². The lowest BCUT2D eigenvalue weighted by Gasteiger charge is -2.33. The van der Waals surface area contributed by atoms with E-state index < -0.39 is 29.6 Å². The van der Waals surface area contributed by atoms with Gasteiger partial charge in [0.15, 0.2) is 5.82 Å². The van der Waals surface area contributed by atoms with Crippen molar-refractivity contribution in [2.45, 2.75) is 26.0 Å². The van der Waals surface area contributed by atoms with Crippen LogP contribution in [0.3, 0.4) is 0 Å². The molecule has 1 aliphatic rings. The Kier molecular flexibility index (Phi) is 7.69. The number of hydrogen-bond acceptors (Lipinski definition) is 8. The number of aliphatic hydroxyl groups excluding tert-OH is 1. The van der Waals surface area contributed by atoms with Gasteiger partial charge >= 0.3 is 6.18 Å². The summed E-state index contributed by atoms with van der Waals surface area (Å²) in [5, 5.41) is 19.7. The lowest BCUT2D eigenvalue weighted by Crippen LogP contribution is -2.47. The van der Waals surface area contributed by atoms with Crippen molar-refractivity contribution in [2.75, 3.05) is 42.5 Å². The summed E-state index contributed by atoms with van der Waals surface area (Å²) in [6, 6.07) is 10.8. The smallest absolute Gasteiger partial charge is 0.382 e. The van der Waals surface area contributed by atoms with Crippen LogP contribution in [0.5, 0.6) is 0 Å². The number of rotatable bonds is 7. The van der Waals surface area contributed by atoms with E-state index in [9.17, 15) is 27.5 Å². The Morgan fingerprint density at radius 2 is 1.78 bits per heavy atom. The highest BCUT2D eigenvalue weighted by atomic mass is 19.4. The molecule has 4 aromatic rings. The Hall–Kier alpha value is -4.43. The van der Waals surface area contributed by atoms with E-state index in [1.807, 2.05) is 11.0 Å². The van der Waals surface area contributed by atoms with E-state index >= 15 is 0 Å². The average Bonchev–Trinajstić information content (AvgIpc) is 3.29. The van der Waals surface area contributed by atoms with Crippen LogP contribution in [0.4, 0.5) is 34.8 Å². The van der Waals surface area contributed by atoms with E-state index in [1.165, 1.54) is 6.33 Å². The largest absolute Gasteiger partial charge is 0.416 e. The van der Waals surface area contributed by atoms with Crippen LogP contribution in [0.25, 0.3) is 16.6 Å². The van der Waals surface area contributed by atoms with Crippen molar-refractivity contribution in [2.24, 2.45) is 0 Å². The Morgan fingerprint density at radius 3 is 2.44 bits per heavy atom. The molecule has 5 rings (SSSR count). The number of fused-ring (bicyclic) bond motifs is 1. The summed E-state index contributed by atoms with van der Waals surface area (Å²) in [5.74, 6) is -0.580. The van der Waals surface area contributed by atoms with Gasteiger partial charge in [0, 0.05) is 50.9 Å². The van der Waals surface area contributed by atoms with Crippen LogP contribution in [0, 0.1) is 5.82 Å². The zero-order chi connectivity index (χ0) is 29.3. The number of piperazine rings is 1. The van der Waals surface area contributed by atoms with Gasteiger partial charge in [-0.1, -0.05) is 12.1 Å². The minimum Gasteiger partial charge on any atom is -0.382 e. The standard InChI is InChI=1S/C27H28F4N8O2/c1-16(40)38-10-8-37(9-11-38)14-20-13-21(24-25(32)33-15-34-39(20)24)17-2-5-19(6-3-17)35-26(41)36-23-12-18(27(29,30)31)4-7-22(23)28/h2-7,12-13,15,26,35-36,41H,8-11,14H2,1H3,(H2,32,33,34). The molecule has 1 saturated heterocycles. The van der Waals surface area contributed by atoms with E-state index in [1.54, 1.807) is 35.7 Å². The maximum absolute atomic E-state index is 14.0. The number of carbonyl (C=O) groups excluding carboxylic acids is 1. The van der Waals surface area contributed by atoms with Crippen LogP contribution in [0.2, 0.25) is 0 Å². The minimum absolute atomic E-state index is 0.0599. The number of hydrogen-bond donors (Lipinski definition) is 4.